The summed E-state index contributed by atoms with van der Waals surface area (Å²) in [4.78, 5) is 28.6. The van der Waals surface area contributed by atoms with Crippen LogP contribution in [-0.2, 0) is 4.79 Å². The van der Waals surface area contributed by atoms with Crippen LogP contribution in [-0.4, -0.2) is 40.1 Å². The fourth-order valence-corrected chi connectivity index (χ4v) is 2.12. The molecule has 6 heteroatoms. The normalized spacial score (nSPS) is 11.9. The Morgan fingerprint density at radius 1 is 1.38 bits per heavy atom. The summed E-state index contributed by atoms with van der Waals surface area (Å²) in [7, 11) is 1.47. The molecule has 0 saturated carbocycles. The Kier molecular flexibility index (Phi) is 4.37. The average molecular weight is 287 g/mol. The second-order valence-electron chi connectivity index (χ2n) is 4.71. The molecular formula is C15H17N3O3. The van der Waals surface area contributed by atoms with Crippen LogP contribution in [0.3, 0.4) is 0 Å². The number of carbonyl (C=O) groups is 2. The summed E-state index contributed by atoms with van der Waals surface area (Å²) in [5, 5.41) is 12.7. The highest BCUT2D eigenvalue weighted by Crippen LogP contribution is 2.17. The molecule has 0 aliphatic heterocycles. The minimum absolute atomic E-state index is 0.348. The SMILES string of the molecule is CCC(C(=O)O)N(C)C(=O)Nc1ccc2ncccc2c1. The molecule has 1 aromatic carbocycles. The third-order valence-corrected chi connectivity index (χ3v) is 3.31. The third-order valence-electron chi connectivity index (χ3n) is 3.31. The Labute approximate surface area is 122 Å². The van der Waals surface area contributed by atoms with Gasteiger partial charge in [-0.2, -0.15) is 0 Å². The first kappa shape index (κ1) is 14.8. The number of aliphatic carboxylic acids is 1. The van der Waals surface area contributed by atoms with E-state index in [1.807, 2.05) is 12.1 Å². The molecule has 0 bridgehead atoms. The Hall–Kier alpha value is -2.63. The van der Waals surface area contributed by atoms with Crippen molar-refractivity contribution in [2.75, 3.05) is 12.4 Å². The number of hydrogen-bond donors (Lipinski definition) is 2. The molecule has 21 heavy (non-hydrogen) atoms. The van der Waals surface area contributed by atoms with Crippen LogP contribution in [0.2, 0.25) is 0 Å². The zero-order chi connectivity index (χ0) is 15.4. The maximum atomic E-state index is 12.1. The molecule has 110 valence electrons. The molecule has 1 aromatic heterocycles. The van der Waals surface area contributed by atoms with Crippen molar-refractivity contribution in [3.63, 3.8) is 0 Å². The molecule has 0 fully saturated rings. The number of carbonyl (C=O) groups excluding carboxylic acids is 1. The van der Waals surface area contributed by atoms with Gasteiger partial charge in [0.2, 0.25) is 0 Å². The number of benzene rings is 1. The van der Waals surface area contributed by atoms with Gasteiger partial charge in [0.15, 0.2) is 0 Å². The summed E-state index contributed by atoms with van der Waals surface area (Å²) in [6, 6.07) is 7.77. The number of pyridine rings is 1. The van der Waals surface area contributed by atoms with Crippen LogP contribution in [0.5, 0.6) is 0 Å². The van der Waals surface area contributed by atoms with Crippen molar-refractivity contribution in [1.82, 2.24) is 9.88 Å². The van der Waals surface area contributed by atoms with Crippen molar-refractivity contribution >= 4 is 28.6 Å². The number of carboxylic acids is 1. The molecule has 2 aromatic rings. The highest BCUT2D eigenvalue weighted by molar-refractivity contribution is 5.94. The van der Waals surface area contributed by atoms with Crippen LogP contribution in [0.1, 0.15) is 13.3 Å². The third kappa shape index (κ3) is 3.28. The van der Waals surface area contributed by atoms with Crippen LogP contribution in [0.4, 0.5) is 10.5 Å². The first-order valence-corrected chi connectivity index (χ1v) is 6.64. The Balaban J connectivity index is 2.15. The van der Waals surface area contributed by atoms with E-state index in [1.54, 1.807) is 31.3 Å². The predicted molar refractivity (Wildman–Crippen MR) is 80.2 cm³/mol. The molecule has 0 saturated heterocycles. The van der Waals surface area contributed by atoms with Gasteiger partial charge in [0.05, 0.1) is 5.52 Å². The lowest BCUT2D eigenvalue weighted by Crippen LogP contribution is -2.44. The van der Waals surface area contributed by atoms with E-state index in [0.29, 0.717) is 12.1 Å². The fraction of sp³-hybridized carbons (Fsp3) is 0.267. The highest BCUT2D eigenvalue weighted by Gasteiger charge is 2.24. The van der Waals surface area contributed by atoms with E-state index in [9.17, 15) is 9.59 Å². The molecular weight excluding hydrogens is 270 g/mol. The van der Waals surface area contributed by atoms with E-state index in [-0.39, 0.29) is 0 Å². The number of amides is 2. The molecule has 1 heterocycles. The van der Waals surface area contributed by atoms with Crippen molar-refractivity contribution in [2.45, 2.75) is 19.4 Å². The quantitative estimate of drug-likeness (QED) is 0.905. The van der Waals surface area contributed by atoms with Gasteiger partial charge in [0.1, 0.15) is 6.04 Å². The van der Waals surface area contributed by atoms with Gasteiger partial charge in [-0.05, 0) is 30.7 Å². The first-order chi connectivity index (χ1) is 10.0. The number of aromatic nitrogens is 1. The van der Waals surface area contributed by atoms with Gasteiger partial charge in [-0.3, -0.25) is 4.98 Å². The van der Waals surface area contributed by atoms with E-state index in [2.05, 4.69) is 10.3 Å². The minimum Gasteiger partial charge on any atom is -0.480 e. The molecule has 6 nitrogen and oxygen atoms in total. The largest absolute Gasteiger partial charge is 0.480 e. The lowest BCUT2D eigenvalue weighted by molar-refractivity contribution is -0.141. The summed E-state index contributed by atoms with van der Waals surface area (Å²) in [6.07, 6.45) is 2.05. The lowest BCUT2D eigenvalue weighted by atomic mass is 10.2. The maximum Gasteiger partial charge on any atom is 0.326 e. The van der Waals surface area contributed by atoms with Crippen LogP contribution in [0.15, 0.2) is 36.5 Å². The molecule has 2 amide bonds. The number of rotatable bonds is 4. The number of hydrogen-bond acceptors (Lipinski definition) is 3. The van der Waals surface area contributed by atoms with Gasteiger partial charge in [-0.25, -0.2) is 9.59 Å². The van der Waals surface area contributed by atoms with Crippen molar-refractivity contribution in [3.05, 3.63) is 36.5 Å². The van der Waals surface area contributed by atoms with Crippen LogP contribution in [0.25, 0.3) is 10.9 Å². The van der Waals surface area contributed by atoms with Crippen LogP contribution in [0, 0.1) is 0 Å². The topological polar surface area (TPSA) is 82.5 Å². The summed E-state index contributed by atoms with van der Waals surface area (Å²) in [5.41, 5.74) is 1.44. The van der Waals surface area contributed by atoms with Gasteiger partial charge < -0.3 is 15.3 Å². The van der Waals surface area contributed by atoms with Crippen molar-refractivity contribution in [2.24, 2.45) is 0 Å². The standard InChI is InChI=1S/C15H17N3O3/c1-3-13(14(19)20)18(2)15(21)17-11-6-7-12-10(9-11)5-4-8-16-12/h4-9,13H,3H2,1-2H3,(H,17,21)(H,19,20). The molecule has 2 rings (SSSR count). The van der Waals surface area contributed by atoms with Gasteiger partial charge in [-0.1, -0.05) is 13.0 Å². The van der Waals surface area contributed by atoms with E-state index in [1.165, 1.54) is 11.9 Å². The van der Waals surface area contributed by atoms with E-state index in [0.717, 1.165) is 10.9 Å². The predicted octanol–water partition coefficient (Wildman–Crippen LogP) is 2.56. The lowest BCUT2D eigenvalue weighted by Gasteiger charge is -2.24. The number of urea groups is 1. The van der Waals surface area contributed by atoms with E-state index < -0.39 is 18.0 Å². The molecule has 1 unspecified atom stereocenters. The number of nitrogens with zero attached hydrogens (tertiary/aromatic N) is 2. The van der Waals surface area contributed by atoms with Gasteiger partial charge in [-0.15, -0.1) is 0 Å². The van der Waals surface area contributed by atoms with E-state index in [4.69, 9.17) is 5.11 Å². The van der Waals surface area contributed by atoms with Gasteiger partial charge in [0, 0.05) is 24.3 Å². The molecule has 0 radical (unpaired) electrons. The highest BCUT2D eigenvalue weighted by atomic mass is 16.4. The van der Waals surface area contributed by atoms with Crippen LogP contribution < -0.4 is 5.32 Å². The minimum atomic E-state index is -1.02. The summed E-state index contributed by atoms with van der Waals surface area (Å²) < 4.78 is 0. The number of likely N-dealkylation sites (N-methyl/N-ethyl adjacent to an activating group) is 1. The Bertz CT molecular complexity index is 672. The average Bonchev–Trinajstić information content (AvgIpc) is 2.47. The Morgan fingerprint density at radius 2 is 2.14 bits per heavy atom. The van der Waals surface area contributed by atoms with Gasteiger partial charge in [0.25, 0.3) is 0 Å². The zero-order valence-corrected chi connectivity index (χ0v) is 11.9. The number of fused-ring (bicyclic) bond motifs is 1. The monoisotopic (exact) mass is 287 g/mol. The summed E-state index contributed by atoms with van der Waals surface area (Å²) >= 11 is 0. The van der Waals surface area contributed by atoms with Crippen molar-refractivity contribution in [3.8, 4) is 0 Å². The molecule has 2 N–H and O–H groups in total. The van der Waals surface area contributed by atoms with Crippen LogP contribution >= 0.6 is 0 Å². The summed E-state index contributed by atoms with van der Waals surface area (Å²) in [5.74, 6) is -1.02. The molecule has 0 aliphatic carbocycles. The summed E-state index contributed by atoms with van der Waals surface area (Å²) in [6.45, 7) is 1.73. The second kappa shape index (κ2) is 6.21. The smallest absolute Gasteiger partial charge is 0.326 e. The first-order valence-electron chi connectivity index (χ1n) is 6.64. The fourth-order valence-electron chi connectivity index (χ4n) is 2.12. The number of carboxylic acid groups (broad SMARTS) is 1. The second-order valence-corrected chi connectivity index (χ2v) is 4.71. The van der Waals surface area contributed by atoms with Crippen molar-refractivity contribution < 1.29 is 14.7 Å². The van der Waals surface area contributed by atoms with E-state index >= 15 is 0 Å². The number of anilines is 1. The zero-order valence-electron chi connectivity index (χ0n) is 11.9. The molecule has 1 atom stereocenters. The Morgan fingerprint density at radius 3 is 2.81 bits per heavy atom. The van der Waals surface area contributed by atoms with Gasteiger partial charge >= 0.3 is 12.0 Å². The van der Waals surface area contributed by atoms with Crippen molar-refractivity contribution in [1.29, 1.82) is 0 Å². The number of nitrogens with one attached hydrogen (secondary N) is 1. The molecule has 0 aliphatic rings. The molecule has 0 spiro atoms. The maximum absolute atomic E-state index is 12.1.